The number of aryl methyl sites for hydroxylation is 1. The lowest BCUT2D eigenvalue weighted by Crippen LogP contribution is -2.42. The molecule has 3 rings (SSSR count). The Balaban J connectivity index is 1.72. The topological polar surface area (TPSA) is 131 Å². The molecule has 1 saturated heterocycles. The molecule has 0 saturated carbocycles. The Hall–Kier alpha value is -2.27. The number of nitrogens with one attached hydrogen (secondary N) is 1. The summed E-state index contributed by atoms with van der Waals surface area (Å²) in [6, 6.07) is 0.717. The smallest absolute Gasteiger partial charge is 0.322 e. The lowest BCUT2D eigenvalue weighted by molar-refractivity contribution is -0.119. The summed E-state index contributed by atoms with van der Waals surface area (Å²) < 4.78 is 34.8. The van der Waals surface area contributed by atoms with E-state index in [1.807, 2.05) is 0 Å². The molecule has 0 spiro atoms. The fraction of sp³-hybridized carbons (Fsp3) is 0.500. The molecule has 0 bridgehead atoms. The third kappa shape index (κ3) is 3.24. The van der Waals surface area contributed by atoms with E-state index in [1.54, 1.807) is 13.0 Å². The van der Waals surface area contributed by atoms with Gasteiger partial charge in [0.25, 0.3) is 5.89 Å². The molecule has 1 amide bonds. The predicted molar refractivity (Wildman–Crippen MR) is 77.7 cm³/mol. The molecular formula is C12H15N5O5S. The van der Waals surface area contributed by atoms with Crippen LogP contribution >= 0.6 is 0 Å². The summed E-state index contributed by atoms with van der Waals surface area (Å²) in [6.45, 7) is 2.06. The van der Waals surface area contributed by atoms with E-state index in [0.29, 0.717) is 25.1 Å². The van der Waals surface area contributed by atoms with Gasteiger partial charge in [0.1, 0.15) is 6.04 Å². The van der Waals surface area contributed by atoms with Crippen molar-refractivity contribution in [3.63, 3.8) is 0 Å². The predicted octanol–water partition coefficient (Wildman–Crippen LogP) is 0.396. The van der Waals surface area contributed by atoms with Gasteiger partial charge < -0.3 is 8.94 Å². The number of nitrogens with zero attached hydrogens (tertiary/aromatic N) is 4. The Kier molecular flexibility index (Phi) is 3.90. The summed E-state index contributed by atoms with van der Waals surface area (Å²) in [4.78, 5) is 12.2. The quantitative estimate of drug-likeness (QED) is 0.845. The standard InChI is InChI=1S/C12H15N5O5S/c1-7-6-9(22-16-7)11-14-15-12(21-11)13-10(18)8-4-3-5-17(8)23(2,19)20/h6,8H,3-5H2,1-2H3,(H,13,15,18). The maximum Gasteiger partial charge on any atom is 0.322 e. The van der Waals surface area contributed by atoms with Crippen LogP contribution in [0.15, 0.2) is 15.0 Å². The average Bonchev–Trinajstić information content (AvgIpc) is 3.15. The molecule has 2 aromatic heterocycles. The number of hydrogen-bond acceptors (Lipinski definition) is 8. The average molecular weight is 341 g/mol. The molecule has 1 aliphatic heterocycles. The van der Waals surface area contributed by atoms with Gasteiger partial charge in [0.2, 0.25) is 21.7 Å². The van der Waals surface area contributed by atoms with Crippen LogP contribution in [0.4, 0.5) is 6.01 Å². The second-order valence-electron chi connectivity index (χ2n) is 5.27. The maximum atomic E-state index is 12.2. The first kappa shape index (κ1) is 15.6. The van der Waals surface area contributed by atoms with Gasteiger partial charge in [0.05, 0.1) is 11.9 Å². The van der Waals surface area contributed by atoms with Crippen LogP contribution in [-0.2, 0) is 14.8 Å². The third-order valence-corrected chi connectivity index (χ3v) is 4.72. The lowest BCUT2D eigenvalue weighted by atomic mass is 10.2. The molecule has 1 unspecified atom stereocenters. The van der Waals surface area contributed by atoms with Crippen LogP contribution in [0.5, 0.6) is 0 Å². The van der Waals surface area contributed by atoms with Crippen molar-refractivity contribution in [2.24, 2.45) is 0 Å². The molecule has 0 aromatic carbocycles. The molecule has 10 nitrogen and oxygen atoms in total. The summed E-state index contributed by atoms with van der Waals surface area (Å²) in [7, 11) is -3.44. The van der Waals surface area contributed by atoms with Crippen LogP contribution in [-0.4, -0.2) is 52.8 Å². The highest BCUT2D eigenvalue weighted by molar-refractivity contribution is 7.88. The fourth-order valence-electron chi connectivity index (χ4n) is 2.43. The molecular weight excluding hydrogens is 326 g/mol. The van der Waals surface area contributed by atoms with Crippen molar-refractivity contribution in [1.82, 2.24) is 19.7 Å². The number of amides is 1. The summed E-state index contributed by atoms with van der Waals surface area (Å²) >= 11 is 0. The number of rotatable bonds is 4. The molecule has 0 aliphatic carbocycles. The van der Waals surface area contributed by atoms with Gasteiger partial charge >= 0.3 is 6.01 Å². The van der Waals surface area contributed by atoms with Gasteiger partial charge in [-0.1, -0.05) is 10.3 Å². The fourth-order valence-corrected chi connectivity index (χ4v) is 3.55. The summed E-state index contributed by atoms with van der Waals surface area (Å²) in [5.74, 6) is -0.140. The van der Waals surface area contributed by atoms with Gasteiger partial charge in [0, 0.05) is 12.6 Å². The molecule has 1 N–H and O–H groups in total. The monoisotopic (exact) mass is 341 g/mol. The first-order valence-corrected chi connectivity index (χ1v) is 8.74. The number of carbonyl (C=O) groups excluding carboxylic acids is 1. The van der Waals surface area contributed by atoms with Gasteiger partial charge in [-0.25, -0.2) is 8.42 Å². The van der Waals surface area contributed by atoms with E-state index < -0.39 is 22.0 Å². The lowest BCUT2D eigenvalue weighted by Gasteiger charge is -2.20. The number of hydrogen-bond donors (Lipinski definition) is 1. The molecule has 23 heavy (non-hydrogen) atoms. The van der Waals surface area contributed by atoms with Gasteiger partial charge in [-0.05, 0) is 19.8 Å². The minimum Gasteiger partial charge on any atom is -0.400 e. The Labute approximate surface area is 131 Å². The van der Waals surface area contributed by atoms with Crippen LogP contribution in [0.1, 0.15) is 18.5 Å². The summed E-state index contributed by atoms with van der Waals surface area (Å²) in [5, 5.41) is 13.6. The molecule has 124 valence electrons. The zero-order valence-electron chi connectivity index (χ0n) is 12.5. The Bertz CT molecular complexity index is 827. The minimum absolute atomic E-state index is 0.0762. The van der Waals surface area contributed by atoms with Crippen LogP contribution in [0.3, 0.4) is 0 Å². The summed E-state index contributed by atoms with van der Waals surface area (Å²) in [6.07, 6.45) is 2.15. The second-order valence-corrected chi connectivity index (χ2v) is 7.20. The summed E-state index contributed by atoms with van der Waals surface area (Å²) in [5.41, 5.74) is 0.651. The van der Waals surface area contributed by atoms with Gasteiger partial charge in [-0.3, -0.25) is 10.1 Å². The molecule has 1 fully saturated rings. The van der Waals surface area contributed by atoms with Crippen molar-refractivity contribution < 1.29 is 22.2 Å². The first-order valence-electron chi connectivity index (χ1n) is 6.89. The van der Waals surface area contributed by atoms with Crippen molar-refractivity contribution in [3.8, 4) is 11.7 Å². The molecule has 11 heteroatoms. The zero-order valence-corrected chi connectivity index (χ0v) is 13.3. The van der Waals surface area contributed by atoms with Crippen LogP contribution < -0.4 is 5.32 Å². The number of sulfonamides is 1. The van der Waals surface area contributed by atoms with E-state index >= 15 is 0 Å². The molecule has 2 aromatic rings. The van der Waals surface area contributed by atoms with E-state index in [-0.39, 0.29) is 17.7 Å². The first-order chi connectivity index (χ1) is 10.8. The van der Waals surface area contributed by atoms with Crippen LogP contribution in [0, 0.1) is 6.92 Å². The minimum atomic E-state index is -3.44. The molecule has 1 atom stereocenters. The van der Waals surface area contributed by atoms with Crippen molar-refractivity contribution in [3.05, 3.63) is 11.8 Å². The number of anilines is 1. The SMILES string of the molecule is Cc1cc(-c2nnc(NC(=O)C3CCCN3S(C)(=O)=O)o2)on1. The van der Waals surface area contributed by atoms with Gasteiger partial charge in [0.15, 0.2) is 0 Å². The van der Waals surface area contributed by atoms with E-state index in [2.05, 4.69) is 20.7 Å². The van der Waals surface area contributed by atoms with Crippen LogP contribution in [0.2, 0.25) is 0 Å². The Morgan fingerprint density at radius 2 is 2.22 bits per heavy atom. The highest BCUT2D eigenvalue weighted by Crippen LogP contribution is 2.23. The Morgan fingerprint density at radius 3 is 2.87 bits per heavy atom. The van der Waals surface area contributed by atoms with E-state index in [0.717, 1.165) is 6.26 Å². The highest BCUT2D eigenvalue weighted by atomic mass is 32.2. The van der Waals surface area contributed by atoms with Gasteiger partial charge in [-0.2, -0.15) is 4.31 Å². The van der Waals surface area contributed by atoms with E-state index in [4.69, 9.17) is 8.94 Å². The molecule has 0 radical (unpaired) electrons. The number of aromatic nitrogens is 3. The Morgan fingerprint density at radius 1 is 1.43 bits per heavy atom. The molecule has 1 aliphatic rings. The van der Waals surface area contributed by atoms with Crippen molar-refractivity contribution in [1.29, 1.82) is 0 Å². The van der Waals surface area contributed by atoms with E-state index in [9.17, 15) is 13.2 Å². The largest absolute Gasteiger partial charge is 0.400 e. The van der Waals surface area contributed by atoms with Gasteiger partial charge in [-0.15, -0.1) is 5.10 Å². The maximum absolute atomic E-state index is 12.2. The zero-order chi connectivity index (χ0) is 16.6. The molecule has 3 heterocycles. The van der Waals surface area contributed by atoms with E-state index in [1.165, 1.54) is 4.31 Å². The highest BCUT2D eigenvalue weighted by Gasteiger charge is 2.37. The van der Waals surface area contributed by atoms with Crippen molar-refractivity contribution >= 4 is 21.9 Å². The third-order valence-electron chi connectivity index (χ3n) is 3.43. The van der Waals surface area contributed by atoms with Crippen molar-refractivity contribution in [2.75, 3.05) is 18.1 Å². The second kappa shape index (κ2) is 5.74. The van der Waals surface area contributed by atoms with Crippen LogP contribution in [0.25, 0.3) is 11.7 Å². The number of carbonyl (C=O) groups is 1. The van der Waals surface area contributed by atoms with Crippen molar-refractivity contribution in [2.45, 2.75) is 25.8 Å². The normalized spacial score (nSPS) is 19.1.